The van der Waals surface area contributed by atoms with E-state index in [9.17, 15) is 4.39 Å². The lowest BCUT2D eigenvalue weighted by atomic mass is 10.3. The first kappa shape index (κ1) is 11.9. The Labute approximate surface area is 107 Å². The van der Waals surface area contributed by atoms with Gasteiger partial charge in [-0.25, -0.2) is 9.37 Å². The summed E-state index contributed by atoms with van der Waals surface area (Å²) in [5.41, 5.74) is 0.313. The second-order valence-corrected chi connectivity index (χ2v) is 4.69. The van der Waals surface area contributed by atoms with Crippen LogP contribution < -0.4 is 0 Å². The van der Waals surface area contributed by atoms with Crippen LogP contribution in [0.2, 0.25) is 5.15 Å². The van der Waals surface area contributed by atoms with Crippen molar-refractivity contribution in [1.82, 2.24) is 4.98 Å². The second-order valence-electron chi connectivity index (χ2n) is 3.18. The molecule has 0 N–H and O–H groups in total. The van der Waals surface area contributed by atoms with Gasteiger partial charge in [0.15, 0.2) is 0 Å². The van der Waals surface area contributed by atoms with Crippen LogP contribution in [0, 0.1) is 17.1 Å². The molecule has 1 heterocycles. The minimum Gasteiger partial charge on any atom is -0.242 e. The van der Waals surface area contributed by atoms with Crippen LogP contribution in [-0.2, 0) is 0 Å². The van der Waals surface area contributed by atoms with E-state index in [4.69, 9.17) is 16.9 Å². The number of halogens is 2. The fourth-order valence-electron chi connectivity index (χ4n) is 1.23. The molecule has 0 spiro atoms. The van der Waals surface area contributed by atoms with E-state index in [1.807, 2.05) is 6.07 Å². The van der Waals surface area contributed by atoms with E-state index in [1.54, 1.807) is 24.4 Å². The summed E-state index contributed by atoms with van der Waals surface area (Å²) in [5, 5.41) is 8.99. The molecule has 0 fully saturated rings. The topological polar surface area (TPSA) is 36.7 Å². The number of hydrogen-bond donors (Lipinski definition) is 0. The fourth-order valence-corrected chi connectivity index (χ4v) is 2.25. The standard InChI is InChI=1S/C12H6ClFN2S/c13-12-8(6-15)4-11(7-16-12)17-10-3-1-2-9(14)5-10/h1-5,7H. The first-order chi connectivity index (χ1) is 8.19. The van der Waals surface area contributed by atoms with Gasteiger partial charge in [0.1, 0.15) is 17.0 Å². The summed E-state index contributed by atoms with van der Waals surface area (Å²) >= 11 is 7.05. The van der Waals surface area contributed by atoms with E-state index in [1.165, 1.54) is 23.9 Å². The van der Waals surface area contributed by atoms with E-state index in [0.29, 0.717) is 5.56 Å². The molecule has 0 unspecified atom stereocenters. The largest absolute Gasteiger partial charge is 0.242 e. The monoisotopic (exact) mass is 264 g/mol. The highest BCUT2D eigenvalue weighted by atomic mass is 35.5. The zero-order valence-corrected chi connectivity index (χ0v) is 10.1. The Morgan fingerprint density at radius 3 is 2.82 bits per heavy atom. The van der Waals surface area contributed by atoms with Crippen molar-refractivity contribution >= 4 is 23.4 Å². The first-order valence-corrected chi connectivity index (χ1v) is 5.87. The molecule has 0 atom stereocenters. The molecular weight excluding hydrogens is 259 g/mol. The minimum absolute atomic E-state index is 0.177. The highest BCUT2D eigenvalue weighted by molar-refractivity contribution is 7.99. The molecule has 0 amide bonds. The van der Waals surface area contributed by atoms with E-state index >= 15 is 0 Å². The summed E-state index contributed by atoms with van der Waals surface area (Å²) in [6, 6.07) is 9.80. The summed E-state index contributed by atoms with van der Waals surface area (Å²) in [7, 11) is 0. The van der Waals surface area contributed by atoms with Gasteiger partial charge in [0, 0.05) is 16.0 Å². The molecule has 2 rings (SSSR count). The van der Waals surface area contributed by atoms with Crippen LogP contribution in [0.25, 0.3) is 0 Å². The predicted octanol–water partition coefficient (Wildman–Crippen LogP) is 3.90. The third-order valence-corrected chi connectivity index (χ3v) is 3.22. The van der Waals surface area contributed by atoms with Crippen LogP contribution in [0.5, 0.6) is 0 Å². The van der Waals surface area contributed by atoms with Crippen LogP contribution in [0.4, 0.5) is 4.39 Å². The third-order valence-electron chi connectivity index (χ3n) is 1.97. The molecule has 0 aliphatic rings. The normalized spacial score (nSPS) is 9.94. The van der Waals surface area contributed by atoms with Crippen molar-refractivity contribution in [3.05, 3.63) is 53.1 Å². The average molecular weight is 265 g/mol. The quantitative estimate of drug-likeness (QED) is 0.772. The summed E-state index contributed by atoms with van der Waals surface area (Å²) in [5.74, 6) is -0.294. The van der Waals surface area contributed by atoms with Gasteiger partial charge < -0.3 is 0 Å². The van der Waals surface area contributed by atoms with Gasteiger partial charge in [-0.15, -0.1) is 0 Å². The van der Waals surface area contributed by atoms with E-state index in [2.05, 4.69) is 4.98 Å². The Balaban J connectivity index is 2.28. The van der Waals surface area contributed by atoms with Gasteiger partial charge >= 0.3 is 0 Å². The van der Waals surface area contributed by atoms with Gasteiger partial charge in [-0.3, -0.25) is 0 Å². The Morgan fingerprint density at radius 2 is 2.12 bits per heavy atom. The van der Waals surface area contributed by atoms with Gasteiger partial charge in [0.05, 0.1) is 5.56 Å². The van der Waals surface area contributed by atoms with Crippen LogP contribution in [-0.4, -0.2) is 4.98 Å². The molecule has 0 aliphatic carbocycles. The number of rotatable bonds is 2. The Hall–Kier alpha value is -1.57. The van der Waals surface area contributed by atoms with E-state index in [-0.39, 0.29) is 11.0 Å². The van der Waals surface area contributed by atoms with Gasteiger partial charge in [-0.1, -0.05) is 29.4 Å². The van der Waals surface area contributed by atoms with Gasteiger partial charge in [-0.2, -0.15) is 5.26 Å². The summed E-state index contributed by atoms with van der Waals surface area (Å²) in [6.45, 7) is 0. The first-order valence-electron chi connectivity index (χ1n) is 4.68. The van der Waals surface area contributed by atoms with Gasteiger partial charge in [0.25, 0.3) is 0 Å². The number of nitrogens with zero attached hydrogens (tertiary/aromatic N) is 2. The van der Waals surface area contributed by atoms with E-state index in [0.717, 1.165) is 9.79 Å². The number of hydrogen-bond acceptors (Lipinski definition) is 3. The Morgan fingerprint density at radius 1 is 1.29 bits per heavy atom. The molecule has 2 nitrogen and oxygen atoms in total. The van der Waals surface area contributed by atoms with Crippen molar-refractivity contribution in [3.63, 3.8) is 0 Å². The maximum atomic E-state index is 13.0. The Kier molecular flexibility index (Phi) is 3.62. The maximum Gasteiger partial charge on any atom is 0.146 e. The van der Waals surface area contributed by atoms with Crippen LogP contribution in [0.1, 0.15) is 5.56 Å². The highest BCUT2D eigenvalue weighted by Gasteiger charge is 2.04. The van der Waals surface area contributed by atoms with Gasteiger partial charge in [0.2, 0.25) is 0 Å². The molecule has 5 heteroatoms. The Bertz CT molecular complexity index is 595. The van der Waals surface area contributed by atoms with Crippen LogP contribution in [0.3, 0.4) is 0 Å². The zero-order valence-electron chi connectivity index (χ0n) is 8.52. The molecule has 0 aliphatic heterocycles. The van der Waals surface area contributed by atoms with Crippen LogP contribution in [0.15, 0.2) is 46.3 Å². The van der Waals surface area contributed by atoms with Gasteiger partial charge in [-0.05, 0) is 24.3 Å². The predicted molar refractivity (Wildman–Crippen MR) is 64.5 cm³/mol. The minimum atomic E-state index is -0.294. The lowest BCUT2D eigenvalue weighted by Gasteiger charge is -2.02. The lowest BCUT2D eigenvalue weighted by molar-refractivity contribution is 0.624. The highest BCUT2D eigenvalue weighted by Crippen LogP contribution is 2.29. The van der Waals surface area contributed by atoms with Crippen molar-refractivity contribution in [1.29, 1.82) is 5.26 Å². The molecule has 2 aromatic rings. The molecule has 0 bridgehead atoms. The molecule has 0 radical (unpaired) electrons. The molecule has 84 valence electrons. The average Bonchev–Trinajstić information content (AvgIpc) is 2.32. The third kappa shape index (κ3) is 2.96. The zero-order chi connectivity index (χ0) is 12.3. The summed E-state index contributed by atoms with van der Waals surface area (Å²) < 4.78 is 13.0. The molecule has 0 saturated carbocycles. The van der Waals surface area contributed by atoms with Crippen molar-refractivity contribution in [2.45, 2.75) is 9.79 Å². The van der Waals surface area contributed by atoms with Crippen molar-refractivity contribution in [3.8, 4) is 6.07 Å². The molecule has 1 aromatic heterocycles. The van der Waals surface area contributed by atoms with Crippen LogP contribution >= 0.6 is 23.4 Å². The number of nitriles is 1. The molecular formula is C12H6ClFN2S. The van der Waals surface area contributed by atoms with Crippen molar-refractivity contribution in [2.24, 2.45) is 0 Å². The second kappa shape index (κ2) is 5.17. The molecule has 17 heavy (non-hydrogen) atoms. The fraction of sp³-hybridized carbons (Fsp3) is 0. The number of benzene rings is 1. The maximum absolute atomic E-state index is 13.0. The molecule has 1 aromatic carbocycles. The lowest BCUT2D eigenvalue weighted by Crippen LogP contribution is -1.84. The van der Waals surface area contributed by atoms with Crippen molar-refractivity contribution < 1.29 is 4.39 Å². The van der Waals surface area contributed by atoms with E-state index < -0.39 is 0 Å². The number of pyridine rings is 1. The molecule has 0 saturated heterocycles. The SMILES string of the molecule is N#Cc1cc(Sc2cccc(F)c2)cnc1Cl. The summed E-state index contributed by atoms with van der Waals surface area (Å²) in [4.78, 5) is 5.39. The number of aromatic nitrogens is 1. The van der Waals surface area contributed by atoms with Crippen molar-refractivity contribution in [2.75, 3.05) is 0 Å². The summed E-state index contributed by atoms with van der Waals surface area (Å²) in [6.07, 6.45) is 1.55. The smallest absolute Gasteiger partial charge is 0.146 e.